The van der Waals surface area contributed by atoms with Gasteiger partial charge in [0.05, 0.1) is 5.41 Å². The fraction of sp³-hybridized carbons (Fsp3) is 0.0690. The van der Waals surface area contributed by atoms with Crippen molar-refractivity contribution in [3.8, 4) is 56.4 Å². The quantitative estimate of drug-likeness (QED) is 0.168. The van der Waals surface area contributed by atoms with Gasteiger partial charge in [0.25, 0.3) is 0 Å². The molecule has 0 aromatic heterocycles. The Morgan fingerprint density at radius 3 is 1.44 bits per heavy atom. The third-order valence-electron chi connectivity index (χ3n) is 13.2. The highest BCUT2D eigenvalue weighted by Crippen LogP contribution is 2.58. The molecular formula is C58H41NO2. The third kappa shape index (κ3) is 5.30. The molecule has 0 fully saturated rings. The van der Waals surface area contributed by atoms with E-state index in [-0.39, 0.29) is 5.41 Å². The van der Waals surface area contributed by atoms with Gasteiger partial charge in [-0.2, -0.15) is 0 Å². The van der Waals surface area contributed by atoms with Crippen molar-refractivity contribution in [2.75, 3.05) is 4.90 Å². The molecule has 0 radical (unpaired) electrons. The standard InChI is InChI=1S/C58H41NO2/c1-57(2)49-19-9-6-16-45(49)48-34-33-44(37-52(48)57)59(42-29-24-39(25-30-42)38-14-4-3-5-15-38)43-31-26-40(27-32-43)58(50-20-10-7-17-46(50)47-18-8-11-21-51(47)58)41-28-35-55-56(36-41)61-54-23-13-12-22-53(54)60-55/h3-37H,1-2H3. The Morgan fingerprint density at radius 1 is 0.328 bits per heavy atom. The molecule has 0 saturated heterocycles. The van der Waals surface area contributed by atoms with Gasteiger partial charge in [0, 0.05) is 22.5 Å². The van der Waals surface area contributed by atoms with Crippen molar-refractivity contribution in [3.63, 3.8) is 0 Å². The summed E-state index contributed by atoms with van der Waals surface area (Å²) in [5, 5.41) is 0. The van der Waals surface area contributed by atoms with E-state index in [0.717, 1.165) is 28.4 Å². The van der Waals surface area contributed by atoms with Crippen LogP contribution in [-0.4, -0.2) is 0 Å². The summed E-state index contributed by atoms with van der Waals surface area (Å²) in [6.07, 6.45) is 0. The van der Waals surface area contributed by atoms with Gasteiger partial charge in [-0.05, 0) is 127 Å². The van der Waals surface area contributed by atoms with Crippen molar-refractivity contribution in [1.82, 2.24) is 0 Å². The zero-order valence-corrected chi connectivity index (χ0v) is 34.0. The highest BCUT2D eigenvalue weighted by atomic mass is 16.6. The predicted octanol–water partition coefficient (Wildman–Crippen LogP) is 15.4. The van der Waals surface area contributed by atoms with Crippen LogP contribution in [0, 0.1) is 0 Å². The second-order valence-corrected chi connectivity index (χ2v) is 16.8. The van der Waals surface area contributed by atoms with E-state index in [1.807, 2.05) is 24.3 Å². The molecule has 0 atom stereocenters. The highest BCUT2D eigenvalue weighted by molar-refractivity contribution is 5.88. The molecule has 0 bridgehead atoms. The molecule has 290 valence electrons. The van der Waals surface area contributed by atoms with Gasteiger partial charge < -0.3 is 14.4 Å². The first-order valence-corrected chi connectivity index (χ1v) is 21.1. The van der Waals surface area contributed by atoms with E-state index in [1.54, 1.807) is 0 Å². The molecule has 9 aromatic rings. The zero-order chi connectivity index (χ0) is 40.7. The maximum Gasteiger partial charge on any atom is 0.170 e. The summed E-state index contributed by atoms with van der Waals surface area (Å²) in [7, 11) is 0. The molecule has 0 N–H and O–H groups in total. The molecule has 0 unspecified atom stereocenters. The zero-order valence-electron chi connectivity index (χ0n) is 34.0. The number of hydrogen-bond acceptors (Lipinski definition) is 3. The van der Waals surface area contributed by atoms with Crippen molar-refractivity contribution in [1.29, 1.82) is 0 Å². The SMILES string of the molecule is CC1(C)c2ccccc2-c2ccc(N(c3ccc(-c4ccccc4)cc3)c3ccc(C4(c5ccc6c(c5)Oc5ccccc5O6)c5ccccc5-c5ccccc54)cc3)cc21. The first kappa shape index (κ1) is 35.3. The molecule has 3 aliphatic rings. The maximum atomic E-state index is 6.55. The number of hydrogen-bond donors (Lipinski definition) is 0. The molecule has 12 rings (SSSR count). The topological polar surface area (TPSA) is 21.7 Å². The summed E-state index contributed by atoms with van der Waals surface area (Å²) in [6, 6.07) is 76.7. The van der Waals surface area contributed by atoms with Crippen molar-refractivity contribution in [3.05, 3.63) is 246 Å². The Hall–Kier alpha value is -7.62. The lowest BCUT2D eigenvalue weighted by Gasteiger charge is -2.35. The lowest BCUT2D eigenvalue weighted by atomic mass is 9.67. The number of benzene rings is 9. The molecule has 61 heavy (non-hydrogen) atoms. The Morgan fingerprint density at radius 2 is 0.787 bits per heavy atom. The number of rotatable bonds is 6. The van der Waals surface area contributed by atoms with Gasteiger partial charge in [-0.25, -0.2) is 0 Å². The summed E-state index contributed by atoms with van der Waals surface area (Å²) >= 11 is 0. The van der Waals surface area contributed by atoms with E-state index >= 15 is 0 Å². The molecule has 0 amide bonds. The van der Waals surface area contributed by atoms with Crippen LogP contribution in [0.2, 0.25) is 0 Å². The minimum Gasteiger partial charge on any atom is -0.450 e. The van der Waals surface area contributed by atoms with Gasteiger partial charge in [-0.3, -0.25) is 0 Å². The lowest BCUT2D eigenvalue weighted by Crippen LogP contribution is -2.28. The van der Waals surface area contributed by atoms with E-state index in [0.29, 0.717) is 17.2 Å². The highest BCUT2D eigenvalue weighted by Gasteiger charge is 2.46. The molecule has 0 spiro atoms. The van der Waals surface area contributed by atoms with Crippen LogP contribution >= 0.6 is 0 Å². The molecule has 3 heteroatoms. The van der Waals surface area contributed by atoms with Crippen LogP contribution in [0.15, 0.2) is 212 Å². The lowest BCUT2D eigenvalue weighted by molar-refractivity contribution is 0.359. The third-order valence-corrected chi connectivity index (χ3v) is 13.2. The monoisotopic (exact) mass is 783 g/mol. The largest absolute Gasteiger partial charge is 0.450 e. The summed E-state index contributed by atoms with van der Waals surface area (Å²) in [5.74, 6) is 2.86. The minimum atomic E-state index is -0.618. The predicted molar refractivity (Wildman–Crippen MR) is 248 cm³/mol. The number of para-hydroxylation sites is 2. The number of anilines is 3. The Bertz CT molecular complexity index is 3120. The molecule has 1 aliphatic heterocycles. The molecule has 3 nitrogen and oxygen atoms in total. The van der Waals surface area contributed by atoms with Gasteiger partial charge in [0.2, 0.25) is 0 Å². The first-order valence-electron chi connectivity index (χ1n) is 21.1. The van der Waals surface area contributed by atoms with Crippen molar-refractivity contribution < 1.29 is 9.47 Å². The molecule has 1 heterocycles. The van der Waals surface area contributed by atoms with E-state index in [2.05, 4.69) is 207 Å². The van der Waals surface area contributed by atoms with E-state index < -0.39 is 5.41 Å². The van der Waals surface area contributed by atoms with E-state index in [4.69, 9.17) is 9.47 Å². The van der Waals surface area contributed by atoms with E-state index in [9.17, 15) is 0 Å². The molecule has 2 aliphatic carbocycles. The van der Waals surface area contributed by atoms with Gasteiger partial charge >= 0.3 is 0 Å². The Kier molecular flexibility index (Phi) is 7.79. The van der Waals surface area contributed by atoms with Gasteiger partial charge in [0.15, 0.2) is 23.0 Å². The minimum absolute atomic E-state index is 0.129. The van der Waals surface area contributed by atoms with Crippen LogP contribution in [0.25, 0.3) is 33.4 Å². The summed E-state index contributed by atoms with van der Waals surface area (Å²) in [4.78, 5) is 2.41. The van der Waals surface area contributed by atoms with Crippen LogP contribution < -0.4 is 14.4 Å². The molecule has 9 aromatic carbocycles. The summed E-state index contributed by atoms with van der Waals surface area (Å²) in [5.41, 5.74) is 17.6. The van der Waals surface area contributed by atoms with Crippen LogP contribution in [-0.2, 0) is 10.8 Å². The van der Waals surface area contributed by atoms with E-state index in [1.165, 1.54) is 61.2 Å². The first-order chi connectivity index (χ1) is 30.0. The second-order valence-electron chi connectivity index (χ2n) is 16.8. The summed E-state index contributed by atoms with van der Waals surface area (Å²) < 4.78 is 12.9. The van der Waals surface area contributed by atoms with Gasteiger partial charge in [0.1, 0.15) is 0 Å². The van der Waals surface area contributed by atoms with Crippen LogP contribution in [0.1, 0.15) is 47.2 Å². The van der Waals surface area contributed by atoms with Crippen LogP contribution in [0.4, 0.5) is 17.1 Å². The fourth-order valence-electron chi connectivity index (χ4n) is 10.4. The molecular weight excluding hydrogens is 743 g/mol. The van der Waals surface area contributed by atoms with Crippen LogP contribution in [0.5, 0.6) is 23.0 Å². The smallest absolute Gasteiger partial charge is 0.170 e. The average Bonchev–Trinajstić information content (AvgIpc) is 3.74. The second kappa shape index (κ2) is 13.5. The Labute approximate surface area is 356 Å². The number of ether oxygens (including phenoxy) is 2. The van der Waals surface area contributed by atoms with Crippen molar-refractivity contribution in [2.24, 2.45) is 0 Å². The maximum absolute atomic E-state index is 6.55. The van der Waals surface area contributed by atoms with Crippen LogP contribution in [0.3, 0.4) is 0 Å². The van der Waals surface area contributed by atoms with Gasteiger partial charge in [-0.15, -0.1) is 0 Å². The van der Waals surface area contributed by atoms with Crippen molar-refractivity contribution >= 4 is 17.1 Å². The number of fused-ring (bicyclic) bond motifs is 8. The Balaban J connectivity index is 1.03. The average molecular weight is 784 g/mol. The van der Waals surface area contributed by atoms with Gasteiger partial charge in [-0.1, -0.05) is 166 Å². The fourth-order valence-corrected chi connectivity index (χ4v) is 10.4. The summed E-state index contributed by atoms with van der Waals surface area (Å²) in [6.45, 7) is 4.70. The molecule has 0 saturated carbocycles. The van der Waals surface area contributed by atoms with Crippen molar-refractivity contribution in [2.45, 2.75) is 24.7 Å². The normalized spacial score (nSPS) is 14.3. The number of nitrogens with zero attached hydrogens (tertiary/aromatic N) is 1.